The molecule has 0 aliphatic rings. The summed E-state index contributed by atoms with van der Waals surface area (Å²) in [5.74, 6) is -0.330. The summed E-state index contributed by atoms with van der Waals surface area (Å²) in [5.41, 5.74) is 0.135. The van der Waals surface area contributed by atoms with E-state index in [0.29, 0.717) is 18.9 Å². The summed E-state index contributed by atoms with van der Waals surface area (Å²) in [6.07, 6.45) is 0.159. The van der Waals surface area contributed by atoms with Crippen LogP contribution in [-0.2, 0) is 9.53 Å². The van der Waals surface area contributed by atoms with E-state index in [1.165, 1.54) is 19.2 Å². The second kappa shape index (κ2) is 8.80. The van der Waals surface area contributed by atoms with Crippen LogP contribution in [0.3, 0.4) is 0 Å². The van der Waals surface area contributed by atoms with Crippen molar-refractivity contribution in [3.8, 4) is 11.5 Å². The number of hydrogen-bond donors (Lipinski definition) is 3. The maximum absolute atomic E-state index is 11.8. The fourth-order valence-electron chi connectivity index (χ4n) is 1.60. The number of carbonyl (C=O) groups is 2. The number of phenols is 1. The van der Waals surface area contributed by atoms with Crippen molar-refractivity contribution in [1.29, 1.82) is 0 Å². The summed E-state index contributed by atoms with van der Waals surface area (Å²) in [6.45, 7) is 1.06. The molecule has 0 radical (unpaired) electrons. The highest BCUT2D eigenvalue weighted by Crippen LogP contribution is 2.23. The Morgan fingerprint density at radius 2 is 1.95 bits per heavy atom. The normalized spacial score (nSPS) is 10.0. The van der Waals surface area contributed by atoms with Gasteiger partial charge in [0.05, 0.1) is 19.3 Å². The molecule has 7 nitrogen and oxygen atoms in total. The van der Waals surface area contributed by atoms with Gasteiger partial charge in [0.25, 0.3) is 5.91 Å². The first-order chi connectivity index (χ1) is 10.1. The van der Waals surface area contributed by atoms with Crippen LogP contribution in [0.4, 0.5) is 0 Å². The molecule has 0 bridgehead atoms. The molecule has 116 valence electrons. The van der Waals surface area contributed by atoms with Crippen molar-refractivity contribution in [2.24, 2.45) is 0 Å². The number of nitrogens with one attached hydrogen (secondary N) is 2. The average Bonchev–Trinajstić information content (AvgIpc) is 2.47. The number of phenolic OH excluding ortho intramolecular Hbond substituents is 1. The van der Waals surface area contributed by atoms with Gasteiger partial charge in [-0.25, -0.2) is 0 Å². The van der Waals surface area contributed by atoms with Crippen LogP contribution >= 0.6 is 0 Å². The van der Waals surface area contributed by atoms with Crippen molar-refractivity contribution in [3.63, 3.8) is 0 Å². The predicted molar refractivity (Wildman–Crippen MR) is 76.5 cm³/mol. The summed E-state index contributed by atoms with van der Waals surface area (Å²) in [7, 11) is 3.02. The smallest absolute Gasteiger partial charge is 0.255 e. The molecule has 3 N–H and O–H groups in total. The lowest BCUT2D eigenvalue weighted by molar-refractivity contribution is -0.121. The number of carbonyl (C=O) groups excluding carboxylic acids is 2. The Balaban J connectivity index is 2.38. The minimum Gasteiger partial charge on any atom is -0.507 e. The zero-order valence-corrected chi connectivity index (χ0v) is 12.1. The first kappa shape index (κ1) is 16.8. The van der Waals surface area contributed by atoms with Crippen LogP contribution in [0.1, 0.15) is 16.8 Å². The van der Waals surface area contributed by atoms with Crippen LogP contribution in [0, 0.1) is 0 Å². The van der Waals surface area contributed by atoms with Gasteiger partial charge in [-0.05, 0) is 12.1 Å². The molecule has 0 aromatic heterocycles. The van der Waals surface area contributed by atoms with Gasteiger partial charge < -0.3 is 25.2 Å². The highest BCUT2D eigenvalue weighted by molar-refractivity contribution is 5.97. The van der Waals surface area contributed by atoms with Crippen LogP contribution in [0.15, 0.2) is 18.2 Å². The zero-order valence-electron chi connectivity index (χ0n) is 12.1. The van der Waals surface area contributed by atoms with Crippen LogP contribution in [0.5, 0.6) is 11.5 Å². The number of benzene rings is 1. The van der Waals surface area contributed by atoms with Crippen LogP contribution < -0.4 is 15.4 Å². The highest BCUT2D eigenvalue weighted by atomic mass is 16.5. The quantitative estimate of drug-likeness (QED) is 0.599. The Hall–Kier alpha value is -2.28. The average molecular weight is 296 g/mol. The van der Waals surface area contributed by atoms with Crippen molar-refractivity contribution in [2.75, 3.05) is 33.9 Å². The number of amides is 2. The first-order valence-electron chi connectivity index (χ1n) is 6.49. The lowest BCUT2D eigenvalue weighted by Crippen LogP contribution is -2.32. The van der Waals surface area contributed by atoms with Gasteiger partial charge in [0, 0.05) is 32.7 Å². The summed E-state index contributed by atoms with van der Waals surface area (Å²) in [5, 5.41) is 14.9. The summed E-state index contributed by atoms with van der Waals surface area (Å²) < 4.78 is 9.74. The third kappa shape index (κ3) is 5.70. The van der Waals surface area contributed by atoms with E-state index in [-0.39, 0.29) is 30.2 Å². The Bertz CT molecular complexity index is 490. The largest absolute Gasteiger partial charge is 0.507 e. The maximum atomic E-state index is 11.8. The van der Waals surface area contributed by atoms with Crippen molar-refractivity contribution in [2.45, 2.75) is 6.42 Å². The zero-order chi connectivity index (χ0) is 15.7. The molecule has 7 heteroatoms. The van der Waals surface area contributed by atoms with E-state index in [1.807, 2.05) is 0 Å². The molecular formula is C14H20N2O5. The number of hydrogen-bond acceptors (Lipinski definition) is 5. The van der Waals surface area contributed by atoms with Crippen molar-refractivity contribution < 1.29 is 24.2 Å². The van der Waals surface area contributed by atoms with Crippen LogP contribution in [0.25, 0.3) is 0 Å². The molecule has 0 aliphatic heterocycles. The molecule has 1 aromatic carbocycles. The number of rotatable bonds is 8. The van der Waals surface area contributed by atoms with Gasteiger partial charge in [-0.2, -0.15) is 0 Å². The Morgan fingerprint density at radius 1 is 1.19 bits per heavy atom. The highest BCUT2D eigenvalue weighted by Gasteiger charge is 2.12. The number of ether oxygens (including phenoxy) is 2. The van der Waals surface area contributed by atoms with E-state index in [0.717, 1.165) is 0 Å². The molecule has 0 unspecified atom stereocenters. The molecule has 21 heavy (non-hydrogen) atoms. The Morgan fingerprint density at radius 3 is 2.57 bits per heavy atom. The topological polar surface area (TPSA) is 96.9 Å². The van der Waals surface area contributed by atoms with Gasteiger partial charge in [-0.1, -0.05) is 0 Å². The van der Waals surface area contributed by atoms with Gasteiger partial charge >= 0.3 is 0 Å². The minimum absolute atomic E-state index is 0.135. The number of methoxy groups -OCH3 is 2. The third-order valence-electron chi connectivity index (χ3n) is 2.72. The second-order valence-corrected chi connectivity index (χ2v) is 4.23. The molecular weight excluding hydrogens is 276 g/mol. The molecule has 1 aromatic rings. The molecule has 2 amide bonds. The Labute approximate surface area is 123 Å². The molecule has 0 heterocycles. The van der Waals surface area contributed by atoms with Crippen molar-refractivity contribution in [1.82, 2.24) is 10.6 Å². The predicted octanol–water partition coefficient (Wildman–Crippen LogP) is 0.283. The summed E-state index contributed by atoms with van der Waals surface area (Å²) >= 11 is 0. The maximum Gasteiger partial charge on any atom is 0.255 e. The number of aromatic hydroxyl groups is 1. The SMILES string of the molecule is COCCNC(=O)CCNC(=O)c1ccc(OC)cc1O. The molecule has 0 saturated carbocycles. The Kier molecular flexibility index (Phi) is 7.03. The van der Waals surface area contributed by atoms with Gasteiger partial charge in [-0.3, -0.25) is 9.59 Å². The fourth-order valence-corrected chi connectivity index (χ4v) is 1.60. The second-order valence-electron chi connectivity index (χ2n) is 4.23. The van der Waals surface area contributed by atoms with Crippen LogP contribution in [-0.4, -0.2) is 50.8 Å². The molecule has 1 rings (SSSR count). The third-order valence-corrected chi connectivity index (χ3v) is 2.72. The molecule has 0 fully saturated rings. The fraction of sp³-hybridized carbons (Fsp3) is 0.429. The van der Waals surface area contributed by atoms with Gasteiger partial charge in [0.15, 0.2) is 0 Å². The molecule has 0 spiro atoms. The van der Waals surface area contributed by atoms with Crippen molar-refractivity contribution in [3.05, 3.63) is 23.8 Å². The summed E-state index contributed by atoms with van der Waals surface area (Å²) in [6, 6.07) is 4.39. The van der Waals surface area contributed by atoms with E-state index in [9.17, 15) is 14.7 Å². The van der Waals surface area contributed by atoms with Gasteiger partial charge in [-0.15, -0.1) is 0 Å². The van der Waals surface area contributed by atoms with E-state index >= 15 is 0 Å². The lowest BCUT2D eigenvalue weighted by atomic mass is 10.1. The molecule has 0 atom stereocenters. The van der Waals surface area contributed by atoms with E-state index in [4.69, 9.17) is 9.47 Å². The standard InChI is InChI=1S/C14H20N2O5/c1-20-8-7-15-13(18)5-6-16-14(19)11-4-3-10(21-2)9-12(11)17/h3-4,9,17H,5-8H2,1-2H3,(H,15,18)(H,16,19). The lowest BCUT2D eigenvalue weighted by Gasteiger charge is -2.08. The van der Waals surface area contributed by atoms with Crippen molar-refractivity contribution >= 4 is 11.8 Å². The van der Waals surface area contributed by atoms with Crippen LogP contribution in [0.2, 0.25) is 0 Å². The minimum atomic E-state index is -0.445. The molecule has 0 aliphatic carbocycles. The van der Waals surface area contributed by atoms with Gasteiger partial charge in [0.1, 0.15) is 11.5 Å². The van der Waals surface area contributed by atoms with E-state index < -0.39 is 5.91 Å². The first-order valence-corrected chi connectivity index (χ1v) is 6.49. The van der Waals surface area contributed by atoms with E-state index in [2.05, 4.69) is 10.6 Å². The monoisotopic (exact) mass is 296 g/mol. The molecule has 0 saturated heterocycles. The van der Waals surface area contributed by atoms with Gasteiger partial charge in [0.2, 0.25) is 5.91 Å². The van der Waals surface area contributed by atoms with E-state index in [1.54, 1.807) is 13.2 Å². The summed E-state index contributed by atoms with van der Waals surface area (Å²) in [4.78, 5) is 23.2.